The monoisotopic (exact) mass is 326 g/mol. The third-order valence-electron chi connectivity index (χ3n) is 3.02. The number of hydrogen-bond donors (Lipinski definition) is 3. The topological polar surface area (TPSA) is 87.7 Å². The van der Waals surface area contributed by atoms with Gasteiger partial charge < -0.3 is 20.5 Å². The molecular weight excluding hydrogens is 304 g/mol. The lowest BCUT2D eigenvalue weighted by molar-refractivity contribution is -0.141. The summed E-state index contributed by atoms with van der Waals surface area (Å²) in [7, 11) is 1.60. The smallest absolute Gasteiger partial charge is 0.326 e. The van der Waals surface area contributed by atoms with Crippen LogP contribution in [0.3, 0.4) is 0 Å². The number of methoxy groups -OCH3 is 1. The Labute approximate surface area is 134 Å². The maximum absolute atomic E-state index is 11.7. The number of benzene rings is 1. The molecule has 0 unspecified atom stereocenters. The van der Waals surface area contributed by atoms with Crippen molar-refractivity contribution in [1.29, 1.82) is 0 Å². The van der Waals surface area contributed by atoms with Gasteiger partial charge in [0.25, 0.3) is 0 Å². The molecule has 3 N–H and O–H groups in total. The van der Waals surface area contributed by atoms with E-state index in [0.717, 1.165) is 11.3 Å². The van der Waals surface area contributed by atoms with Crippen LogP contribution >= 0.6 is 11.8 Å². The molecule has 0 spiro atoms. The Bertz CT molecular complexity index is 479. The number of aliphatic carboxylic acids is 1. The first-order chi connectivity index (χ1) is 10.6. The molecule has 1 atom stereocenters. The van der Waals surface area contributed by atoms with Gasteiger partial charge in [0.1, 0.15) is 11.8 Å². The molecule has 0 aliphatic rings. The van der Waals surface area contributed by atoms with E-state index in [9.17, 15) is 9.59 Å². The van der Waals surface area contributed by atoms with Crippen molar-refractivity contribution < 1.29 is 19.4 Å². The van der Waals surface area contributed by atoms with Crippen molar-refractivity contribution in [3.63, 3.8) is 0 Å². The quantitative estimate of drug-likeness (QED) is 0.597. The summed E-state index contributed by atoms with van der Waals surface area (Å²) in [6.07, 6.45) is 2.32. The van der Waals surface area contributed by atoms with Gasteiger partial charge in [0.15, 0.2) is 0 Å². The molecule has 0 aliphatic heterocycles. The highest BCUT2D eigenvalue weighted by molar-refractivity contribution is 7.98. The van der Waals surface area contributed by atoms with Crippen LogP contribution in [0.25, 0.3) is 0 Å². The largest absolute Gasteiger partial charge is 0.497 e. The molecule has 22 heavy (non-hydrogen) atoms. The second-order valence-corrected chi connectivity index (χ2v) is 5.68. The number of hydrogen-bond acceptors (Lipinski definition) is 5. The highest BCUT2D eigenvalue weighted by atomic mass is 32.2. The number of carbonyl (C=O) groups is 2. The van der Waals surface area contributed by atoms with E-state index in [-0.39, 0.29) is 12.5 Å². The number of carboxylic acids is 1. The summed E-state index contributed by atoms with van der Waals surface area (Å²) in [5.74, 6) is 0.149. The highest BCUT2D eigenvalue weighted by Crippen LogP contribution is 2.10. The van der Waals surface area contributed by atoms with Crippen LogP contribution in [0.15, 0.2) is 24.3 Å². The summed E-state index contributed by atoms with van der Waals surface area (Å²) >= 11 is 1.55. The lowest BCUT2D eigenvalue weighted by atomic mass is 10.2. The molecule has 0 bridgehead atoms. The van der Waals surface area contributed by atoms with E-state index in [1.807, 2.05) is 30.5 Å². The fourth-order valence-electron chi connectivity index (χ4n) is 1.80. The van der Waals surface area contributed by atoms with Crippen LogP contribution in [0.4, 0.5) is 0 Å². The number of thioether (sulfide) groups is 1. The van der Waals surface area contributed by atoms with Gasteiger partial charge in [-0.2, -0.15) is 11.8 Å². The summed E-state index contributed by atoms with van der Waals surface area (Å²) < 4.78 is 5.07. The first kappa shape index (κ1) is 18.3. The van der Waals surface area contributed by atoms with Crippen molar-refractivity contribution in [1.82, 2.24) is 10.6 Å². The zero-order chi connectivity index (χ0) is 16.4. The predicted molar refractivity (Wildman–Crippen MR) is 87.3 cm³/mol. The summed E-state index contributed by atoms with van der Waals surface area (Å²) in [4.78, 5) is 22.8. The van der Waals surface area contributed by atoms with E-state index in [0.29, 0.717) is 18.7 Å². The van der Waals surface area contributed by atoms with Crippen LogP contribution in [0.1, 0.15) is 12.0 Å². The summed E-state index contributed by atoms with van der Waals surface area (Å²) in [6, 6.07) is 6.67. The number of amides is 1. The first-order valence-corrected chi connectivity index (χ1v) is 8.31. The number of carboxylic acid groups (broad SMARTS) is 1. The Morgan fingerprint density at radius 3 is 2.55 bits per heavy atom. The van der Waals surface area contributed by atoms with Crippen molar-refractivity contribution in [2.75, 3.05) is 25.7 Å². The van der Waals surface area contributed by atoms with Crippen LogP contribution in [0, 0.1) is 0 Å². The van der Waals surface area contributed by atoms with Gasteiger partial charge in [-0.3, -0.25) is 4.79 Å². The molecule has 0 aromatic heterocycles. The third kappa shape index (κ3) is 6.82. The maximum Gasteiger partial charge on any atom is 0.326 e. The van der Waals surface area contributed by atoms with E-state index < -0.39 is 12.0 Å². The Morgan fingerprint density at radius 2 is 2.00 bits per heavy atom. The maximum atomic E-state index is 11.7. The van der Waals surface area contributed by atoms with Gasteiger partial charge in [-0.05, 0) is 36.1 Å². The Morgan fingerprint density at radius 1 is 1.32 bits per heavy atom. The van der Waals surface area contributed by atoms with Crippen LogP contribution < -0.4 is 15.4 Å². The molecule has 0 saturated heterocycles. The van der Waals surface area contributed by atoms with Crippen LogP contribution in [-0.4, -0.2) is 48.7 Å². The first-order valence-electron chi connectivity index (χ1n) is 6.91. The van der Waals surface area contributed by atoms with Crippen LogP contribution in [0.5, 0.6) is 5.75 Å². The van der Waals surface area contributed by atoms with Gasteiger partial charge in [-0.25, -0.2) is 4.79 Å². The molecule has 1 aromatic carbocycles. The minimum absolute atomic E-state index is 0.0784. The molecule has 1 rings (SSSR count). The van der Waals surface area contributed by atoms with Crippen molar-refractivity contribution in [3.8, 4) is 5.75 Å². The van der Waals surface area contributed by atoms with Crippen molar-refractivity contribution >= 4 is 23.6 Å². The van der Waals surface area contributed by atoms with E-state index in [1.54, 1.807) is 18.9 Å². The molecule has 0 radical (unpaired) electrons. The number of rotatable bonds is 10. The summed E-state index contributed by atoms with van der Waals surface area (Å²) in [6.45, 7) is 0.606. The zero-order valence-electron chi connectivity index (χ0n) is 12.8. The molecule has 122 valence electrons. The van der Waals surface area contributed by atoms with Gasteiger partial charge in [-0.15, -0.1) is 0 Å². The summed E-state index contributed by atoms with van der Waals surface area (Å²) in [5.41, 5.74) is 1.02. The second-order valence-electron chi connectivity index (χ2n) is 4.69. The standard InChI is InChI=1S/C15H22N2O4S/c1-21-12-5-3-11(4-6-12)9-16-10-14(18)17-13(15(19)20)7-8-22-2/h3-6,13,16H,7-10H2,1-2H3,(H,17,18)(H,19,20)/t13-/m0/s1. The fourth-order valence-corrected chi connectivity index (χ4v) is 2.27. The number of carbonyl (C=O) groups excluding carboxylic acids is 1. The molecule has 1 amide bonds. The molecule has 1 aromatic rings. The van der Waals surface area contributed by atoms with Gasteiger partial charge in [0.2, 0.25) is 5.91 Å². The highest BCUT2D eigenvalue weighted by Gasteiger charge is 2.18. The van der Waals surface area contributed by atoms with E-state index in [4.69, 9.17) is 9.84 Å². The van der Waals surface area contributed by atoms with Gasteiger partial charge in [0.05, 0.1) is 13.7 Å². The van der Waals surface area contributed by atoms with E-state index >= 15 is 0 Å². The SMILES string of the molecule is COc1ccc(CNCC(=O)N[C@@H](CCSC)C(=O)O)cc1. The zero-order valence-corrected chi connectivity index (χ0v) is 13.6. The van der Waals surface area contributed by atoms with Gasteiger partial charge >= 0.3 is 5.97 Å². The molecule has 0 fully saturated rings. The number of nitrogens with one attached hydrogen (secondary N) is 2. The van der Waals surface area contributed by atoms with Gasteiger partial charge in [0, 0.05) is 6.54 Å². The molecular formula is C15H22N2O4S. The predicted octanol–water partition coefficient (Wildman–Crippen LogP) is 1.11. The van der Waals surface area contributed by atoms with Crippen LogP contribution in [-0.2, 0) is 16.1 Å². The van der Waals surface area contributed by atoms with Crippen molar-refractivity contribution in [2.45, 2.75) is 19.0 Å². The summed E-state index contributed by atoms with van der Waals surface area (Å²) in [5, 5.41) is 14.6. The molecule has 0 aliphatic carbocycles. The Hall–Kier alpha value is -1.73. The average Bonchev–Trinajstić information content (AvgIpc) is 2.51. The molecule has 0 heterocycles. The van der Waals surface area contributed by atoms with Gasteiger partial charge in [-0.1, -0.05) is 12.1 Å². The fraction of sp³-hybridized carbons (Fsp3) is 0.467. The van der Waals surface area contributed by atoms with Crippen molar-refractivity contribution in [2.24, 2.45) is 0 Å². The van der Waals surface area contributed by atoms with E-state index in [2.05, 4.69) is 10.6 Å². The normalized spacial score (nSPS) is 11.7. The van der Waals surface area contributed by atoms with Crippen LogP contribution in [0.2, 0.25) is 0 Å². The Kier molecular flexibility index (Phi) is 8.39. The van der Waals surface area contributed by atoms with Crippen molar-refractivity contribution in [3.05, 3.63) is 29.8 Å². The Balaban J connectivity index is 2.33. The lowest BCUT2D eigenvalue weighted by Crippen LogP contribution is -2.44. The lowest BCUT2D eigenvalue weighted by Gasteiger charge is -2.14. The third-order valence-corrected chi connectivity index (χ3v) is 3.66. The molecule has 6 nitrogen and oxygen atoms in total. The second kappa shape index (κ2) is 10.1. The molecule has 7 heteroatoms. The minimum atomic E-state index is -1.00. The van der Waals surface area contributed by atoms with E-state index in [1.165, 1.54) is 0 Å². The average molecular weight is 326 g/mol. The minimum Gasteiger partial charge on any atom is -0.497 e. The number of ether oxygens (including phenoxy) is 1. The molecule has 0 saturated carbocycles.